The van der Waals surface area contributed by atoms with Crippen molar-refractivity contribution in [3.8, 4) is 5.75 Å². The molecule has 0 saturated carbocycles. The van der Waals surface area contributed by atoms with Crippen LogP contribution in [0.15, 0.2) is 18.2 Å². The zero-order valence-electron chi connectivity index (χ0n) is 10.2. The van der Waals surface area contributed by atoms with Crippen molar-refractivity contribution in [2.24, 2.45) is 5.73 Å². The lowest BCUT2D eigenvalue weighted by Crippen LogP contribution is -2.34. The molecule has 0 spiro atoms. The number of carbonyl (C=O) groups excluding carboxylic acids is 1. The van der Waals surface area contributed by atoms with Gasteiger partial charge in [0.15, 0.2) is 6.10 Å². The number of amides is 1. The monoisotopic (exact) mass is 234 g/mol. The quantitative estimate of drug-likeness (QED) is 0.839. The normalized spacial score (nSPS) is 20.2. The molecule has 1 aliphatic rings. The lowest BCUT2D eigenvalue weighted by molar-refractivity contribution is -0.122. The van der Waals surface area contributed by atoms with E-state index >= 15 is 0 Å². The molecular formula is C13H18N2O2. The number of nitrogens with two attached hydrogens (primary N) is 1. The minimum absolute atomic E-state index is 0.101. The molecular weight excluding hydrogens is 216 g/mol. The fraction of sp³-hybridized carbons (Fsp3) is 0.462. The molecule has 0 radical (unpaired) electrons. The smallest absolute Gasteiger partial charge is 0.265 e. The van der Waals surface area contributed by atoms with Crippen LogP contribution < -0.4 is 15.8 Å². The Labute approximate surface area is 101 Å². The molecule has 0 bridgehead atoms. The number of ether oxygens (including phenoxy) is 1. The fourth-order valence-electron chi connectivity index (χ4n) is 2.02. The highest BCUT2D eigenvalue weighted by atomic mass is 16.5. The zero-order chi connectivity index (χ0) is 12.4. The molecule has 2 rings (SSSR count). The Morgan fingerprint density at radius 3 is 2.94 bits per heavy atom. The first-order valence-corrected chi connectivity index (χ1v) is 5.97. The third-order valence-electron chi connectivity index (χ3n) is 3.18. The average Bonchev–Trinajstić information content (AvgIpc) is 2.32. The zero-order valence-corrected chi connectivity index (χ0v) is 10.2. The van der Waals surface area contributed by atoms with Crippen LogP contribution in [0.5, 0.6) is 5.75 Å². The van der Waals surface area contributed by atoms with Crippen LogP contribution >= 0.6 is 0 Å². The Bertz CT molecular complexity index is 427. The van der Waals surface area contributed by atoms with Crippen LogP contribution in [0.2, 0.25) is 0 Å². The van der Waals surface area contributed by atoms with Gasteiger partial charge in [0, 0.05) is 0 Å². The molecule has 4 heteroatoms. The topological polar surface area (TPSA) is 64.3 Å². The Morgan fingerprint density at radius 1 is 1.53 bits per heavy atom. The first kappa shape index (κ1) is 11.9. The van der Waals surface area contributed by atoms with Crippen molar-refractivity contribution in [1.29, 1.82) is 0 Å². The van der Waals surface area contributed by atoms with Gasteiger partial charge in [-0.3, -0.25) is 4.79 Å². The molecule has 0 fully saturated rings. The predicted octanol–water partition coefficient (Wildman–Crippen LogP) is 1.86. The van der Waals surface area contributed by atoms with Crippen LogP contribution in [0.25, 0.3) is 0 Å². The summed E-state index contributed by atoms with van der Waals surface area (Å²) in [6, 6.07) is 5.88. The van der Waals surface area contributed by atoms with Gasteiger partial charge >= 0.3 is 0 Å². The van der Waals surface area contributed by atoms with Crippen molar-refractivity contribution < 1.29 is 9.53 Å². The summed E-state index contributed by atoms with van der Waals surface area (Å²) >= 11 is 0. The van der Waals surface area contributed by atoms with Crippen LogP contribution in [-0.2, 0) is 4.79 Å². The molecule has 1 amide bonds. The van der Waals surface area contributed by atoms with Crippen molar-refractivity contribution in [3.05, 3.63) is 23.8 Å². The summed E-state index contributed by atoms with van der Waals surface area (Å²) in [5.74, 6) is 0.958. The van der Waals surface area contributed by atoms with Crippen molar-refractivity contribution in [1.82, 2.24) is 0 Å². The van der Waals surface area contributed by atoms with Gasteiger partial charge in [-0.05, 0) is 43.5 Å². The summed E-state index contributed by atoms with van der Waals surface area (Å²) in [5, 5.41) is 2.85. The van der Waals surface area contributed by atoms with E-state index in [9.17, 15) is 4.79 Å². The van der Waals surface area contributed by atoms with Crippen molar-refractivity contribution >= 4 is 11.6 Å². The Balaban J connectivity index is 2.31. The van der Waals surface area contributed by atoms with E-state index in [0.717, 1.165) is 23.4 Å². The van der Waals surface area contributed by atoms with E-state index in [1.165, 1.54) is 0 Å². The summed E-state index contributed by atoms with van der Waals surface area (Å²) in [5.41, 5.74) is 7.62. The maximum absolute atomic E-state index is 11.5. The Morgan fingerprint density at radius 2 is 2.29 bits per heavy atom. The van der Waals surface area contributed by atoms with E-state index in [1.54, 1.807) is 6.92 Å². The lowest BCUT2D eigenvalue weighted by Gasteiger charge is -2.24. The summed E-state index contributed by atoms with van der Waals surface area (Å²) in [7, 11) is 0. The van der Waals surface area contributed by atoms with Crippen molar-refractivity contribution in [2.75, 3.05) is 11.9 Å². The summed E-state index contributed by atoms with van der Waals surface area (Å²) in [6.07, 6.45) is 0.561. The summed E-state index contributed by atoms with van der Waals surface area (Å²) in [6.45, 7) is 4.45. The van der Waals surface area contributed by atoms with Gasteiger partial charge in [-0.1, -0.05) is 13.0 Å². The maximum atomic E-state index is 11.5. The first-order valence-electron chi connectivity index (χ1n) is 5.97. The molecule has 17 heavy (non-hydrogen) atoms. The van der Waals surface area contributed by atoms with Crippen molar-refractivity contribution in [2.45, 2.75) is 32.3 Å². The van der Waals surface area contributed by atoms with Crippen LogP contribution in [0.1, 0.15) is 31.7 Å². The van der Waals surface area contributed by atoms with E-state index in [1.807, 2.05) is 18.2 Å². The largest absolute Gasteiger partial charge is 0.479 e. The van der Waals surface area contributed by atoms with E-state index < -0.39 is 6.10 Å². The number of hydrogen-bond donors (Lipinski definition) is 2. The average molecular weight is 234 g/mol. The maximum Gasteiger partial charge on any atom is 0.265 e. The van der Waals surface area contributed by atoms with E-state index in [2.05, 4.69) is 12.2 Å². The Hall–Kier alpha value is -1.55. The third kappa shape index (κ3) is 2.26. The highest BCUT2D eigenvalue weighted by molar-refractivity contribution is 5.97. The van der Waals surface area contributed by atoms with Gasteiger partial charge in [0.25, 0.3) is 5.91 Å². The van der Waals surface area contributed by atoms with Crippen LogP contribution in [0, 0.1) is 0 Å². The number of carbonyl (C=O) groups is 1. The van der Waals surface area contributed by atoms with E-state index in [4.69, 9.17) is 10.5 Å². The van der Waals surface area contributed by atoms with E-state index in [-0.39, 0.29) is 5.91 Å². The molecule has 1 aromatic carbocycles. The molecule has 0 saturated heterocycles. The number of benzene rings is 1. The van der Waals surface area contributed by atoms with Crippen LogP contribution in [0.3, 0.4) is 0 Å². The second-order valence-electron chi connectivity index (χ2n) is 4.35. The minimum atomic E-state index is -0.426. The highest BCUT2D eigenvalue weighted by Gasteiger charge is 2.24. The van der Waals surface area contributed by atoms with Gasteiger partial charge in [0.1, 0.15) is 5.75 Å². The molecule has 1 aliphatic heterocycles. The molecule has 0 aromatic heterocycles. The number of anilines is 1. The molecule has 2 unspecified atom stereocenters. The number of rotatable bonds is 3. The van der Waals surface area contributed by atoms with Gasteiger partial charge < -0.3 is 15.8 Å². The van der Waals surface area contributed by atoms with Gasteiger partial charge in [-0.15, -0.1) is 0 Å². The minimum Gasteiger partial charge on any atom is -0.479 e. The second kappa shape index (κ2) is 4.75. The first-order chi connectivity index (χ1) is 8.15. The number of hydrogen-bond acceptors (Lipinski definition) is 3. The lowest BCUT2D eigenvalue weighted by atomic mass is 9.96. The number of nitrogens with one attached hydrogen (secondary N) is 1. The Kier molecular flexibility index (Phi) is 3.33. The highest BCUT2D eigenvalue weighted by Crippen LogP contribution is 2.33. The number of fused-ring (bicyclic) bond motifs is 1. The predicted molar refractivity (Wildman–Crippen MR) is 67.2 cm³/mol. The molecule has 4 nitrogen and oxygen atoms in total. The molecule has 0 aliphatic carbocycles. The van der Waals surface area contributed by atoms with Gasteiger partial charge in [-0.25, -0.2) is 0 Å². The van der Waals surface area contributed by atoms with Crippen molar-refractivity contribution in [3.63, 3.8) is 0 Å². The third-order valence-corrected chi connectivity index (χ3v) is 3.18. The summed E-state index contributed by atoms with van der Waals surface area (Å²) in [4.78, 5) is 11.5. The van der Waals surface area contributed by atoms with Crippen LogP contribution in [0.4, 0.5) is 5.69 Å². The molecule has 92 valence electrons. The molecule has 1 heterocycles. The molecule has 1 aromatic rings. The molecule has 2 atom stereocenters. The van der Waals surface area contributed by atoms with Crippen LogP contribution in [-0.4, -0.2) is 18.6 Å². The SMILES string of the molecule is CCC(CN)c1ccc2c(c1)NC(=O)C(C)O2. The van der Waals surface area contributed by atoms with Gasteiger partial charge in [0.05, 0.1) is 5.69 Å². The molecule has 3 N–H and O–H groups in total. The van der Waals surface area contributed by atoms with E-state index in [0.29, 0.717) is 12.5 Å². The van der Waals surface area contributed by atoms with Gasteiger partial charge in [-0.2, -0.15) is 0 Å². The summed E-state index contributed by atoms with van der Waals surface area (Å²) < 4.78 is 5.50. The van der Waals surface area contributed by atoms with Gasteiger partial charge in [0.2, 0.25) is 0 Å². The second-order valence-corrected chi connectivity index (χ2v) is 4.35. The fourth-order valence-corrected chi connectivity index (χ4v) is 2.02. The standard InChI is InChI=1S/C13H18N2O2/c1-3-9(7-14)10-4-5-12-11(6-10)15-13(16)8(2)17-12/h4-6,8-9H,3,7,14H2,1-2H3,(H,15,16).